The molecule has 0 atom stereocenters. The number of thiophene rings is 1. The molecule has 3 aromatic heterocycles. The summed E-state index contributed by atoms with van der Waals surface area (Å²) in [6, 6.07) is 17.4. The van der Waals surface area contributed by atoms with Gasteiger partial charge in [0.05, 0.1) is 32.1 Å². The molecule has 27 heavy (non-hydrogen) atoms. The van der Waals surface area contributed by atoms with Crippen molar-refractivity contribution < 1.29 is 4.79 Å². The maximum atomic E-state index is 12.3. The third-order valence-corrected chi connectivity index (χ3v) is 6.47. The van der Waals surface area contributed by atoms with Crippen LogP contribution in [0.15, 0.2) is 58.9 Å². The maximum absolute atomic E-state index is 12.3. The van der Waals surface area contributed by atoms with Gasteiger partial charge in [-0.1, -0.05) is 41.3 Å². The Hall–Kier alpha value is -2.73. The lowest BCUT2D eigenvalue weighted by atomic mass is 10.2. The zero-order valence-corrected chi connectivity index (χ0v) is 16.3. The Morgan fingerprint density at radius 3 is 2.81 bits per heavy atom. The molecule has 3 heterocycles. The first-order valence-electron chi connectivity index (χ1n) is 7.96. The minimum Gasteiger partial charge on any atom is -0.301 e. The molecule has 132 valence electrons. The second kappa shape index (κ2) is 7.88. The molecular weight excluding hydrogens is 396 g/mol. The molecule has 5 nitrogen and oxygen atoms in total. The fraction of sp³-hybridized carbons (Fsp3) is 0.0526. The zero-order valence-electron chi connectivity index (χ0n) is 13.9. The molecule has 1 N–H and O–H groups in total. The summed E-state index contributed by atoms with van der Waals surface area (Å²) < 4.78 is 1.03. The van der Waals surface area contributed by atoms with Crippen molar-refractivity contribution in [2.24, 2.45) is 0 Å². The molecule has 4 rings (SSSR count). The van der Waals surface area contributed by atoms with Crippen LogP contribution in [0.3, 0.4) is 0 Å². The Labute approximate surface area is 167 Å². The van der Waals surface area contributed by atoms with Crippen LogP contribution in [-0.4, -0.2) is 21.6 Å². The van der Waals surface area contributed by atoms with E-state index in [1.807, 2.05) is 47.8 Å². The number of nitriles is 1. The Morgan fingerprint density at radius 1 is 1.15 bits per heavy atom. The summed E-state index contributed by atoms with van der Waals surface area (Å²) in [7, 11) is 0. The zero-order chi connectivity index (χ0) is 18.6. The molecule has 1 aromatic carbocycles. The van der Waals surface area contributed by atoms with E-state index in [2.05, 4.69) is 21.4 Å². The number of aromatic nitrogens is 2. The third kappa shape index (κ3) is 4.01. The Balaban J connectivity index is 1.46. The molecule has 0 saturated carbocycles. The SMILES string of the molecule is N#Cc1ccc(-c2cccs2)nc1SCC(=O)Nc1nc2ccccc2s1. The van der Waals surface area contributed by atoms with Crippen molar-refractivity contribution in [3.05, 3.63) is 59.5 Å². The molecule has 0 saturated heterocycles. The number of thioether (sulfide) groups is 1. The summed E-state index contributed by atoms with van der Waals surface area (Å²) in [5.41, 5.74) is 2.13. The number of benzene rings is 1. The lowest BCUT2D eigenvalue weighted by Crippen LogP contribution is -2.14. The van der Waals surface area contributed by atoms with E-state index >= 15 is 0 Å². The van der Waals surface area contributed by atoms with Gasteiger partial charge in [-0.2, -0.15) is 5.26 Å². The highest BCUT2D eigenvalue weighted by Crippen LogP contribution is 2.29. The van der Waals surface area contributed by atoms with Crippen LogP contribution in [0.4, 0.5) is 5.13 Å². The lowest BCUT2D eigenvalue weighted by Gasteiger charge is -2.05. The maximum Gasteiger partial charge on any atom is 0.236 e. The number of nitrogens with one attached hydrogen (secondary N) is 1. The van der Waals surface area contributed by atoms with Crippen molar-refractivity contribution in [2.45, 2.75) is 5.03 Å². The second-order valence-corrected chi connectivity index (χ2v) is 8.40. The topological polar surface area (TPSA) is 78.7 Å². The van der Waals surface area contributed by atoms with Crippen LogP contribution < -0.4 is 5.32 Å². The van der Waals surface area contributed by atoms with E-state index < -0.39 is 0 Å². The number of carbonyl (C=O) groups is 1. The van der Waals surface area contributed by atoms with Crippen molar-refractivity contribution in [3.8, 4) is 16.6 Å². The lowest BCUT2D eigenvalue weighted by molar-refractivity contribution is -0.113. The largest absolute Gasteiger partial charge is 0.301 e. The quantitative estimate of drug-likeness (QED) is 0.469. The van der Waals surface area contributed by atoms with Gasteiger partial charge < -0.3 is 5.32 Å². The Bertz CT molecular complexity index is 1110. The standard InChI is InChI=1S/C19H12N4OS3/c20-10-12-7-8-14(15-6-3-9-25-15)21-18(12)26-11-17(24)23-19-22-13-4-1-2-5-16(13)27-19/h1-9H,11H2,(H,22,23,24). The summed E-state index contributed by atoms with van der Waals surface area (Å²) >= 11 is 4.28. The van der Waals surface area contributed by atoms with Gasteiger partial charge in [-0.25, -0.2) is 9.97 Å². The smallest absolute Gasteiger partial charge is 0.236 e. The first-order chi connectivity index (χ1) is 13.2. The molecule has 0 radical (unpaired) electrons. The summed E-state index contributed by atoms with van der Waals surface area (Å²) in [5.74, 6) is -0.0165. The molecule has 0 aliphatic carbocycles. The molecule has 0 aliphatic rings. The number of thiazole rings is 1. The Kier molecular flexibility index (Phi) is 5.16. The van der Waals surface area contributed by atoms with Gasteiger partial charge in [0, 0.05) is 0 Å². The molecule has 0 aliphatic heterocycles. The molecule has 0 unspecified atom stereocenters. The minimum absolute atomic E-state index is 0.158. The van der Waals surface area contributed by atoms with Crippen LogP contribution in [-0.2, 0) is 4.79 Å². The third-order valence-electron chi connectivity index (χ3n) is 3.63. The number of para-hydroxylation sites is 1. The van der Waals surface area contributed by atoms with Gasteiger partial charge in [-0.05, 0) is 35.7 Å². The number of carbonyl (C=O) groups excluding carboxylic acids is 1. The van der Waals surface area contributed by atoms with E-state index in [1.54, 1.807) is 17.4 Å². The summed E-state index contributed by atoms with van der Waals surface area (Å²) in [6.07, 6.45) is 0. The fourth-order valence-corrected chi connectivity index (χ4v) is 4.76. The Morgan fingerprint density at radius 2 is 2.04 bits per heavy atom. The van der Waals surface area contributed by atoms with Gasteiger partial charge >= 0.3 is 0 Å². The van der Waals surface area contributed by atoms with E-state index in [9.17, 15) is 10.1 Å². The first kappa shape index (κ1) is 17.7. The molecule has 0 fully saturated rings. The number of nitrogens with zero attached hydrogens (tertiary/aromatic N) is 3. The summed E-state index contributed by atoms with van der Waals surface area (Å²) in [4.78, 5) is 22.3. The number of hydrogen-bond acceptors (Lipinski definition) is 7. The average Bonchev–Trinajstić information content (AvgIpc) is 3.35. The summed E-state index contributed by atoms with van der Waals surface area (Å²) in [6.45, 7) is 0. The number of hydrogen-bond donors (Lipinski definition) is 1. The number of pyridine rings is 1. The van der Waals surface area contributed by atoms with Gasteiger partial charge in [0.25, 0.3) is 0 Å². The van der Waals surface area contributed by atoms with Crippen molar-refractivity contribution in [2.75, 3.05) is 11.1 Å². The second-order valence-electron chi connectivity index (χ2n) is 5.46. The number of rotatable bonds is 5. The van der Waals surface area contributed by atoms with Crippen LogP contribution in [0.2, 0.25) is 0 Å². The molecule has 1 amide bonds. The first-order valence-corrected chi connectivity index (χ1v) is 10.6. The van der Waals surface area contributed by atoms with Crippen LogP contribution >= 0.6 is 34.4 Å². The monoisotopic (exact) mass is 408 g/mol. The molecule has 4 aromatic rings. The number of anilines is 1. The number of fused-ring (bicyclic) bond motifs is 1. The van der Waals surface area contributed by atoms with Crippen LogP contribution in [0.1, 0.15) is 5.56 Å². The minimum atomic E-state index is -0.175. The van der Waals surface area contributed by atoms with E-state index in [4.69, 9.17) is 0 Å². The van der Waals surface area contributed by atoms with Gasteiger partial charge in [0.15, 0.2) is 5.13 Å². The molecular formula is C19H12N4OS3. The highest BCUT2D eigenvalue weighted by Gasteiger charge is 2.12. The number of amides is 1. The van der Waals surface area contributed by atoms with Crippen LogP contribution in [0.5, 0.6) is 0 Å². The predicted molar refractivity (Wildman–Crippen MR) is 111 cm³/mol. The van der Waals surface area contributed by atoms with Gasteiger partial charge in [0.2, 0.25) is 5.91 Å². The van der Waals surface area contributed by atoms with Crippen molar-refractivity contribution in [3.63, 3.8) is 0 Å². The van der Waals surface area contributed by atoms with E-state index in [1.165, 1.54) is 23.1 Å². The van der Waals surface area contributed by atoms with Crippen molar-refractivity contribution in [1.29, 1.82) is 5.26 Å². The van der Waals surface area contributed by atoms with Crippen molar-refractivity contribution >= 4 is 55.7 Å². The fourth-order valence-electron chi connectivity index (χ4n) is 2.41. The normalized spacial score (nSPS) is 10.6. The highest BCUT2D eigenvalue weighted by atomic mass is 32.2. The highest BCUT2D eigenvalue weighted by molar-refractivity contribution is 8.00. The van der Waals surface area contributed by atoms with E-state index in [-0.39, 0.29) is 11.7 Å². The summed E-state index contributed by atoms with van der Waals surface area (Å²) in [5, 5.41) is 15.2. The van der Waals surface area contributed by atoms with Gasteiger partial charge in [0.1, 0.15) is 11.1 Å². The van der Waals surface area contributed by atoms with E-state index in [0.717, 1.165) is 20.8 Å². The predicted octanol–water partition coefficient (Wildman–Crippen LogP) is 5.02. The average molecular weight is 409 g/mol. The molecule has 0 spiro atoms. The van der Waals surface area contributed by atoms with Gasteiger partial charge in [-0.3, -0.25) is 4.79 Å². The molecule has 8 heteroatoms. The van der Waals surface area contributed by atoms with E-state index in [0.29, 0.717) is 15.7 Å². The van der Waals surface area contributed by atoms with Crippen LogP contribution in [0, 0.1) is 11.3 Å². The van der Waals surface area contributed by atoms with Crippen molar-refractivity contribution in [1.82, 2.24) is 9.97 Å². The molecule has 0 bridgehead atoms. The van der Waals surface area contributed by atoms with Crippen LogP contribution in [0.25, 0.3) is 20.8 Å². The van der Waals surface area contributed by atoms with Gasteiger partial charge in [-0.15, -0.1) is 11.3 Å².